The molecule has 1 amide bonds. The maximum atomic E-state index is 12.3. The molecule has 1 atom stereocenters. The van der Waals surface area contributed by atoms with Crippen LogP contribution in [0.5, 0.6) is 5.75 Å². The minimum absolute atomic E-state index is 0.235. The van der Waals surface area contributed by atoms with Crippen LogP contribution >= 0.6 is 11.6 Å². The number of ether oxygens (including phenoxy) is 1. The standard InChI is InChI=1S/C19H18ClF3N2O3/c1-2-17(18(26)24-12-14-7-3-4-9-16(14)20)28-25-11-13-6-5-8-15(10-13)27-19(21,22)23/h3-11,17H,2,12H2,1H3,(H,24,26)/b25-11-. The third-order valence-corrected chi connectivity index (χ3v) is 3.92. The van der Waals surface area contributed by atoms with Crippen LogP contribution in [-0.2, 0) is 16.2 Å². The number of halogens is 4. The summed E-state index contributed by atoms with van der Waals surface area (Å²) in [5.41, 5.74) is 1.09. The van der Waals surface area contributed by atoms with Crippen LogP contribution in [0.4, 0.5) is 13.2 Å². The van der Waals surface area contributed by atoms with Crippen LogP contribution in [0, 0.1) is 0 Å². The van der Waals surface area contributed by atoms with Crippen molar-refractivity contribution in [2.24, 2.45) is 5.16 Å². The largest absolute Gasteiger partial charge is 0.573 e. The highest BCUT2D eigenvalue weighted by Gasteiger charge is 2.31. The lowest BCUT2D eigenvalue weighted by atomic mass is 10.2. The molecule has 0 radical (unpaired) electrons. The zero-order valence-electron chi connectivity index (χ0n) is 14.9. The highest BCUT2D eigenvalue weighted by atomic mass is 35.5. The predicted octanol–water partition coefficient (Wildman–Crippen LogP) is 4.68. The van der Waals surface area contributed by atoms with Gasteiger partial charge in [0.15, 0.2) is 0 Å². The molecule has 1 unspecified atom stereocenters. The molecule has 150 valence electrons. The van der Waals surface area contributed by atoms with Gasteiger partial charge in [-0.2, -0.15) is 0 Å². The van der Waals surface area contributed by atoms with Gasteiger partial charge in [0.25, 0.3) is 5.91 Å². The van der Waals surface area contributed by atoms with E-state index in [4.69, 9.17) is 16.4 Å². The molecule has 2 aromatic carbocycles. The molecule has 0 aliphatic heterocycles. The van der Waals surface area contributed by atoms with Gasteiger partial charge in [0.2, 0.25) is 6.10 Å². The minimum Gasteiger partial charge on any atom is -0.406 e. The number of alkyl halides is 3. The molecule has 28 heavy (non-hydrogen) atoms. The molecule has 0 fully saturated rings. The third-order valence-electron chi connectivity index (χ3n) is 3.56. The topological polar surface area (TPSA) is 59.9 Å². The average Bonchev–Trinajstić information content (AvgIpc) is 2.63. The molecule has 2 rings (SSSR count). The van der Waals surface area contributed by atoms with Gasteiger partial charge in [-0.3, -0.25) is 4.79 Å². The lowest BCUT2D eigenvalue weighted by Crippen LogP contribution is -2.34. The van der Waals surface area contributed by atoms with Crippen LogP contribution in [0.15, 0.2) is 53.7 Å². The first-order valence-electron chi connectivity index (χ1n) is 8.34. The van der Waals surface area contributed by atoms with Crippen molar-refractivity contribution in [1.82, 2.24) is 5.32 Å². The van der Waals surface area contributed by atoms with Gasteiger partial charge in [0, 0.05) is 11.6 Å². The van der Waals surface area contributed by atoms with Gasteiger partial charge in [-0.25, -0.2) is 0 Å². The number of amides is 1. The van der Waals surface area contributed by atoms with Gasteiger partial charge in [0.05, 0.1) is 6.21 Å². The number of hydrogen-bond acceptors (Lipinski definition) is 4. The van der Waals surface area contributed by atoms with Crippen LogP contribution in [0.3, 0.4) is 0 Å². The highest BCUT2D eigenvalue weighted by molar-refractivity contribution is 6.31. The minimum atomic E-state index is -4.78. The van der Waals surface area contributed by atoms with Crippen molar-refractivity contribution in [2.45, 2.75) is 32.4 Å². The monoisotopic (exact) mass is 414 g/mol. The lowest BCUT2D eigenvalue weighted by molar-refractivity contribution is -0.274. The van der Waals surface area contributed by atoms with Crippen molar-refractivity contribution >= 4 is 23.7 Å². The summed E-state index contributed by atoms with van der Waals surface area (Å²) >= 11 is 6.04. The summed E-state index contributed by atoms with van der Waals surface area (Å²) in [5.74, 6) is -0.755. The molecule has 0 bridgehead atoms. The zero-order chi connectivity index (χ0) is 20.6. The molecule has 0 spiro atoms. The number of carbonyl (C=O) groups excluding carboxylic acids is 1. The first-order valence-corrected chi connectivity index (χ1v) is 8.72. The van der Waals surface area contributed by atoms with Crippen molar-refractivity contribution in [3.8, 4) is 5.75 Å². The SMILES string of the molecule is CCC(O/N=C\c1cccc(OC(F)(F)F)c1)C(=O)NCc1ccccc1Cl. The summed E-state index contributed by atoms with van der Waals surface area (Å²) in [6, 6.07) is 12.3. The van der Waals surface area contributed by atoms with Crippen molar-refractivity contribution in [2.75, 3.05) is 0 Å². The van der Waals surface area contributed by atoms with Gasteiger partial charge in [-0.15, -0.1) is 13.2 Å². The Morgan fingerprint density at radius 2 is 2.00 bits per heavy atom. The Labute approximate surface area is 165 Å². The first kappa shape index (κ1) is 21.6. The fraction of sp³-hybridized carbons (Fsp3) is 0.263. The van der Waals surface area contributed by atoms with E-state index in [2.05, 4.69) is 15.2 Å². The Morgan fingerprint density at radius 1 is 1.25 bits per heavy atom. The Balaban J connectivity index is 1.91. The van der Waals surface area contributed by atoms with Crippen LogP contribution in [0.1, 0.15) is 24.5 Å². The van der Waals surface area contributed by atoms with Gasteiger partial charge in [-0.05, 0) is 35.7 Å². The van der Waals surface area contributed by atoms with Crippen LogP contribution in [0.25, 0.3) is 0 Å². The second kappa shape index (κ2) is 9.98. The molecule has 9 heteroatoms. The molecular weight excluding hydrogens is 397 g/mol. The van der Waals surface area contributed by atoms with Gasteiger partial charge in [0.1, 0.15) is 5.75 Å². The molecule has 0 saturated carbocycles. The van der Waals surface area contributed by atoms with E-state index in [0.29, 0.717) is 17.0 Å². The molecule has 0 aliphatic carbocycles. The summed E-state index contributed by atoms with van der Waals surface area (Å²) in [6.45, 7) is 1.98. The molecule has 2 aromatic rings. The van der Waals surface area contributed by atoms with Crippen molar-refractivity contribution in [3.05, 3.63) is 64.7 Å². The van der Waals surface area contributed by atoms with E-state index < -0.39 is 12.5 Å². The number of oxime groups is 1. The third kappa shape index (κ3) is 7.11. The van der Waals surface area contributed by atoms with E-state index >= 15 is 0 Å². The number of nitrogens with one attached hydrogen (secondary N) is 1. The number of rotatable bonds is 8. The second-order valence-electron chi connectivity index (χ2n) is 5.67. The Morgan fingerprint density at radius 3 is 2.68 bits per heavy atom. The molecule has 1 N–H and O–H groups in total. The normalized spacial score (nSPS) is 12.6. The Hall–Kier alpha value is -2.74. The summed E-state index contributed by atoms with van der Waals surface area (Å²) < 4.78 is 40.6. The fourth-order valence-electron chi connectivity index (χ4n) is 2.20. The molecular formula is C19H18ClF3N2O3. The molecule has 0 saturated heterocycles. The summed E-state index contributed by atoms with van der Waals surface area (Å²) in [6.07, 6.45) is -4.08. The molecule has 0 aromatic heterocycles. The van der Waals surface area contributed by atoms with E-state index in [1.54, 1.807) is 25.1 Å². The zero-order valence-corrected chi connectivity index (χ0v) is 15.6. The van der Waals surface area contributed by atoms with Crippen molar-refractivity contribution in [3.63, 3.8) is 0 Å². The maximum Gasteiger partial charge on any atom is 0.573 e. The van der Waals surface area contributed by atoms with Crippen LogP contribution in [0.2, 0.25) is 5.02 Å². The second-order valence-corrected chi connectivity index (χ2v) is 6.07. The predicted molar refractivity (Wildman–Crippen MR) is 99.2 cm³/mol. The Kier molecular flexibility index (Phi) is 7.69. The Bertz CT molecular complexity index is 828. The maximum absolute atomic E-state index is 12.3. The molecule has 5 nitrogen and oxygen atoms in total. The summed E-state index contributed by atoms with van der Waals surface area (Å²) in [7, 11) is 0. The number of hydrogen-bond donors (Lipinski definition) is 1. The molecule has 0 heterocycles. The number of carbonyl (C=O) groups is 1. The van der Waals surface area contributed by atoms with E-state index in [1.807, 2.05) is 6.07 Å². The van der Waals surface area contributed by atoms with Crippen LogP contribution < -0.4 is 10.1 Å². The summed E-state index contributed by atoms with van der Waals surface area (Å²) in [5, 5.41) is 6.94. The lowest BCUT2D eigenvalue weighted by Gasteiger charge is -2.13. The number of nitrogens with zero attached hydrogens (tertiary/aromatic N) is 1. The van der Waals surface area contributed by atoms with E-state index in [0.717, 1.165) is 11.6 Å². The van der Waals surface area contributed by atoms with Gasteiger partial charge >= 0.3 is 6.36 Å². The van der Waals surface area contributed by atoms with Crippen LogP contribution in [-0.4, -0.2) is 24.6 Å². The van der Waals surface area contributed by atoms with Crippen molar-refractivity contribution in [1.29, 1.82) is 0 Å². The van der Waals surface area contributed by atoms with E-state index in [1.165, 1.54) is 24.4 Å². The molecule has 0 aliphatic rings. The van der Waals surface area contributed by atoms with Gasteiger partial charge < -0.3 is 14.9 Å². The van der Waals surface area contributed by atoms with Gasteiger partial charge in [-0.1, -0.05) is 54.0 Å². The van der Waals surface area contributed by atoms with E-state index in [-0.39, 0.29) is 18.2 Å². The summed E-state index contributed by atoms with van der Waals surface area (Å²) in [4.78, 5) is 17.4. The number of benzene rings is 2. The quantitative estimate of drug-likeness (QED) is 0.504. The average molecular weight is 415 g/mol. The fourth-order valence-corrected chi connectivity index (χ4v) is 2.41. The highest BCUT2D eigenvalue weighted by Crippen LogP contribution is 2.23. The first-order chi connectivity index (χ1) is 13.3. The van der Waals surface area contributed by atoms with E-state index in [9.17, 15) is 18.0 Å². The van der Waals surface area contributed by atoms with Crippen molar-refractivity contribution < 1.29 is 27.5 Å². The smallest absolute Gasteiger partial charge is 0.406 e.